The molecule has 0 spiro atoms. The molecular weight excluding hydrogens is 219 g/mol. The highest BCUT2D eigenvalue weighted by atomic mass is 19.2. The molecule has 0 bridgehead atoms. The zero-order valence-electron chi connectivity index (χ0n) is 8.12. The SMILES string of the molecule is NCc1cncn1-c1cc(F)c(F)c(F)c1. The molecule has 0 aliphatic rings. The molecular formula is C10H8F3N3. The zero-order valence-corrected chi connectivity index (χ0v) is 8.12. The summed E-state index contributed by atoms with van der Waals surface area (Å²) >= 11 is 0. The average Bonchev–Trinajstić information content (AvgIpc) is 2.73. The van der Waals surface area contributed by atoms with E-state index in [0.717, 1.165) is 12.1 Å². The maximum Gasteiger partial charge on any atom is 0.194 e. The van der Waals surface area contributed by atoms with Crippen LogP contribution in [0.3, 0.4) is 0 Å². The number of hydrogen-bond acceptors (Lipinski definition) is 2. The minimum absolute atomic E-state index is 0.148. The highest BCUT2D eigenvalue weighted by Crippen LogP contribution is 2.18. The first kappa shape index (κ1) is 10.7. The van der Waals surface area contributed by atoms with E-state index in [1.165, 1.54) is 17.1 Å². The van der Waals surface area contributed by atoms with Crippen molar-refractivity contribution >= 4 is 0 Å². The van der Waals surface area contributed by atoms with Crippen molar-refractivity contribution in [2.24, 2.45) is 5.73 Å². The van der Waals surface area contributed by atoms with E-state index in [2.05, 4.69) is 4.98 Å². The van der Waals surface area contributed by atoms with Crippen molar-refractivity contribution in [3.63, 3.8) is 0 Å². The van der Waals surface area contributed by atoms with Crippen LogP contribution in [0, 0.1) is 17.5 Å². The summed E-state index contributed by atoms with van der Waals surface area (Å²) in [7, 11) is 0. The van der Waals surface area contributed by atoms with Crippen molar-refractivity contribution in [2.75, 3.05) is 0 Å². The summed E-state index contributed by atoms with van der Waals surface area (Å²) in [5.41, 5.74) is 6.14. The number of rotatable bonds is 2. The van der Waals surface area contributed by atoms with Crippen LogP contribution in [0.1, 0.15) is 5.69 Å². The Balaban J connectivity index is 2.57. The van der Waals surface area contributed by atoms with Crippen molar-refractivity contribution in [1.29, 1.82) is 0 Å². The predicted octanol–water partition coefficient (Wildman–Crippen LogP) is 1.75. The monoisotopic (exact) mass is 227 g/mol. The summed E-state index contributed by atoms with van der Waals surface area (Å²) in [5.74, 6) is -3.98. The third-order valence-corrected chi connectivity index (χ3v) is 2.17. The molecule has 0 amide bonds. The minimum Gasteiger partial charge on any atom is -0.325 e. The number of hydrogen-bond donors (Lipinski definition) is 1. The van der Waals surface area contributed by atoms with Gasteiger partial charge < -0.3 is 10.3 Å². The Morgan fingerprint density at radius 1 is 1.19 bits per heavy atom. The van der Waals surface area contributed by atoms with E-state index >= 15 is 0 Å². The first-order chi connectivity index (χ1) is 7.63. The van der Waals surface area contributed by atoms with Gasteiger partial charge in [0.05, 0.1) is 17.7 Å². The zero-order chi connectivity index (χ0) is 11.7. The van der Waals surface area contributed by atoms with E-state index in [4.69, 9.17) is 5.73 Å². The van der Waals surface area contributed by atoms with Crippen molar-refractivity contribution in [1.82, 2.24) is 9.55 Å². The van der Waals surface area contributed by atoms with E-state index < -0.39 is 17.5 Å². The van der Waals surface area contributed by atoms with Gasteiger partial charge in [0.15, 0.2) is 17.5 Å². The Labute approximate surface area is 89.3 Å². The molecule has 3 nitrogen and oxygen atoms in total. The smallest absolute Gasteiger partial charge is 0.194 e. The van der Waals surface area contributed by atoms with E-state index in [9.17, 15) is 13.2 Å². The van der Waals surface area contributed by atoms with Crippen LogP contribution in [0.25, 0.3) is 5.69 Å². The summed E-state index contributed by atoms with van der Waals surface area (Å²) in [6.07, 6.45) is 2.83. The van der Waals surface area contributed by atoms with Gasteiger partial charge in [-0.3, -0.25) is 0 Å². The molecule has 0 unspecified atom stereocenters. The largest absolute Gasteiger partial charge is 0.325 e. The van der Waals surface area contributed by atoms with Crippen molar-refractivity contribution in [2.45, 2.75) is 6.54 Å². The van der Waals surface area contributed by atoms with Crippen LogP contribution < -0.4 is 5.73 Å². The average molecular weight is 227 g/mol. The molecule has 0 saturated carbocycles. The lowest BCUT2D eigenvalue weighted by atomic mass is 10.2. The number of nitrogens with two attached hydrogens (primary N) is 1. The van der Waals surface area contributed by atoms with Gasteiger partial charge in [0.25, 0.3) is 0 Å². The number of halogens is 3. The highest BCUT2D eigenvalue weighted by molar-refractivity contribution is 5.35. The fourth-order valence-corrected chi connectivity index (χ4v) is 1.39. The molecule has 6 heteroatoms. The van der Waals surface area contributed by atoms with E-state index in [1.807, 2.05) is 0 Å². The predicted molar refractivity (Wildman–Crippen MR) is 51.3 cm³/mol. The maximum absolute atomic E-state index is 13.0. The first-order valence-electron chi connectivity index (χ1n) is 4.49. The molecule has 1 aromatic heterocycles. The Morgan fingerprint density at radius 3 is 2.38 bits per heavy atom. The summed E-state index contributed by atoms with van der Waals surface area (Å²) in [5, 5.41) is 0. The lowest BCUT2D eigenvalue weighted by Gasteiger charge is -2.07. The fraction of sp³-hybridized carbons (Fsp3) is 0.100. The molecule has 16 heavy (non-hydrogen) atoms. The molecule has 1 aromatic carbocycles. The van der Waals surface area contributed by atoms with Gasteiger partial charge in [-0.2, -0.15) is 0 Å². The van der Waals surface area contributed by atoms with Gasteiger partial charge in [-0.1, -0.05) is 0 Å². The molecule has 2 rings (SSSR count). The molecule has 0 saturated heterocycles. The van der Waals surface area contributed by atoms with Gasteiger partial charge in [-0.25, -0.2) is 18.2 Å². The molecule has 1 heterocycles. The summed E-state index contributed by atoms with van der Waals surface area (Å²) < 4.78 is 40.1. The fourth-order valence-electron chi connectivity index (χ4n) is 1.39. The normalized spacial score (nSPS) is 10.8. The quantitative estimate of drug-likeness (QED) is 0.794. The van der Waals surface area contributed by atoms with Gasteiger partial charge in [0, 0.05) is 24.9 Å². The number of nitrogens with zero attached hydrogens (tertiary/aromatic N) is 2. The van der Waals surface area contributed by atoms with Gasteiger partial charge >= 0.3 is 0 Å². The molecule has 0 aliphatic carbocycles. The van der Waals surface area contributed by atoms with Crippen LogP contribution in [-0.4, -0.2) is 9.55 Å². The lowest BCUT2D eigenvalue weighted by molar-refractivity contribution is 0.446. The Bertz CT molecular complexity index is 499. The Hall–Kier alpha value is -1.82. The van der Waals surface area contributed by atoms with E-state index in [1.54, 1.807) is 0 Å². The van der Waals surface area contributed by atoms with Crippen LogP contribution in [0.15, 0.2) is 24.7 Å². The van der Waals surface area contributed by atoms with Crippen molar-refractivity contribution in [3.05, 3.63) is 47.8 Å². The third-order valence-electron chi connectivity index (χ3n) is 2.17. The van der Waals surface area contributed by atoms with Crippen LogP contribution in [0.4, 0.5) is 13.2 Å². The Morgan fingerprint density at radius 2 is 1.81 bits per heavy atom. The van der Waals surface area contributed by atoms with Crippen molar-refractivity contribution < 1.29 is 13.2 Å². The maximum atomic E-state index is 13.0. The van der Waals surface area contributed by atoms with Crippen molar-refractivity contribution in [3.8, 4) is 5.69 Å². The molecule has 0 aliphatic heterocycles. The molecule has 2 N–H and O–H groups in total. The lowest BCUT2D eigenvalue weighted by Crippen LogP contribution is -2.06. The van der Waals surface area contributed by atoms with Gasteiger partial charge in [0.2, 0.25) is 0 Å². The number of imidazole rings is 1. The summed E-state index contributed by atoms with van der Waals surface area (Å²) in [6, 6.07) is 1.78. The third kappa shape index (κ3) is 1.67. The van der Waals surface area contributed by atoms with Crippen LogP contribution in [-0.2, 0) is 6.54 Å². The van der Waals surface area contributed by atoms with E-state index in [0.29, 0.717) is 5.69 Å². The second kappa shape index (κ2) is 3.97. The molecule has 2 aromatic rings. The van der Waals surface area contributed by atoms with Gasteiger partial charge in [-0.15, -0.1) is 0 Å². The molecule has 0 radical (unpaired) electrons. The second-order valence-electron chi connectivity index (χ2n) is 3.18. The highest BCUT2D eigenvalue weighted by Gasteiger charge is 2.12. The topological polar surface area (TPSA) is 43.8 Å². The summed E-state index contributed by atoms with van der Waals surface area (Å²) in [6.45, 7) is 0.167. The Kier molecular flexibility index (Phi) is 2.66. The first-order valence-corrected chi connectivity index (χ1v) is 4.49. The van der Waals surface area contributed by atoms with Gasteiger partial charge in [0.1, 0.15) is 0 Å². The summed E-state index contributed by atoms with van der Waals surface area (Å²) in [4.78, 5) is 3.80. The molecule has 84 valence electrons. The number of benzene rings is 1. The minimum atomic E-state index is -1.49. The van der Waals surface area contributed by atoms with Crippen LogP contribution >= 0.6 is 0 Å². The number of aromatic nitrogens is 2. The second-order valence-corrected chi connectivity index (χ2v) is 3.18. The molecule has 0 atom stereocenters. The van der Waals surface area contributed by atoms with Crippen LogP contribution in [0.2, 0.25) is 0 Å². The molecule has 0 fully saturated rings. The standard InChI is InChI=1S/C10H8F3N3/c11-8-1-6(2-9(12)10(8)13)16-5-15-4-7(16)3-14/h1-2,4-5H,3,14H2. The van der Waals surface area contributed by atoms with E-state index in [-0.39, 0.29) is 12.2 Å². The van der Waals surface area contributed by atoms with Gasteiger partial charge in [-0.05, 0) is 0 Å². The van der Waals surface area contributed by atoms with Crippen LogP contribution in [0.5, 0.6) is 0 Å².